The van der Waals surface area contributed by atoms with E-state index in [1.54, 1.807) is 17.7 Å². The molecule has 4 nitrogen and oxygen atoms in total. The van der Waals surface area contributed by atoms with E-state index < -0.39 is 0 Å². The van der Waals surface area contributed by atoms with Crippen LogP contribution in [0, 0.1) is 6.92 Å². The molecule has 0 radical (unpaired) electrons. The third-order valence-electron chi connectivity index (χ3n) is 2.40. The first kappa shape index (κ1) is 12.0. The number of aryl methyl sites for hydroxylation is 1. The topological polar surface area (TPSA) is 50.7 Å². The van der Waals surface area contributed by atoms with Crippen molar-refractivity contribution >= 4 is 17.2 Å². The predicted octanol–water partition coefficient (Wildman–Crippen LogP) is 2.98. The van der Waals surface area contributed by atoms with E-state index in [2.05, 4.69) is 39.5 Å². The van der Waals surface area contributed by atoms with Gasteiger partial charge in [-0.15, -0.1) is 11.3 Å². The van der Waals surface area contributed by atoms with Crippen LogP contribution >= 0.6 is 11.3 Å². The summed E-state index contributed by atoms with van der Waals surface area (Å²) in [6.45, 7) is 6.96. The Kier molecular flexibility index (Phi) is 3.68. The van der Waals surface area contributed by atoms with Crippen molar-refractivity contribution in [3.05, 3.63) is 34.2 Å². The summed E-state index contributed by atoms with van der Waals surface area (Å²) < 4.78 is 0. The van der Waals surface area contributed by atoms with Crippen molar-refractivity contribution in [3.63, 3.8) is 0 Å². The van der Waals surface area contributed by atoms with E-state index in [9.17, 15) is 0 Å². The Bertz CT molecular complexity index is 493. The first-order chi connectivity index (χ1) is 8.15. The lowest BCUT2D eigenvalue weighted by molar-refractivity contribution is 0.813. The maximum absolute atomic E-state index is 4.40. The van der Waals surface area contributed by atoms with E-state index in [4.69, 9.17) is 0 Å². The molecule has 0 saturated heterocycles. The Morgan fingerprint density at radius 1 is 1.35 bits per heavy atom. The third-order valence-corrected chi connectivity index (χ3v) is 3.22. The number of rotatable bonds is 4. The van der Waals surface area contributed by atoms with Crippen LogP contribution in [0.4, 0.5) is 5.82 Å². The number of thiazole rings is 1. The van der Waals surface area contributed by atoms with Gasteiger partial charge in [-0.1, -0.05) is 13.8 Å². The lowest BCUT2D eigenvalue weighted by atomic mass is 10.1. The molecular weight excluding hydrogens is 232 g/mol. The smallest absolute Gasteiger partial charge is 0.129 e. The van der Waals surface area contributed by atoms with E-state index >= 15 is 0 Å². The molecule has 90 valence electrons. The first-order valence-electron chi connectivity index (χ1n) is 5.62. The summed E-state index contributed by atoms with van der Waals surface area (Å²) in [5.41, 5.74) is 2.11. The highest BCUT2D eigenvalue weighted by molar-refractivity contribution is 7.09. The molecule has 0 saturated carbocycles. The van der Waals surface area contributed by atoms with Crippen LogP contribution in [0.2, 0.25) is 0 Å². The minimum Gasteiger partial charge on any atom is -0.364 e. The fraction of sp³-hybridized carbons (Fsp3) is 0.417. The summed E-state index contributed by atoms with van der Waals surface area (Å²) in [4.78, 5) is 12.8. The molecule has 2 rings (SSSR count). The molecule has 0 aromatic carbocycles. The molecule has 1 N–H and O–H groups in total. The number of hydrogen-bond donors (Lipinski definition) is 1. The summed E-state index contributed by atoms with van der Waals surface area (Å²) in [7, 11) is 0. The lowest BCUT2D eigenvalue weighted by Gasteiger charge is -2.07. The molecule has 0 aliphatic rings. The van der Waals surface area contributed by atoms with Crippen molar-refractivity contribution in [1.29, 1.82) is 0 Å². The number of hydrogen-bond acceptors (Lipinski definition) is 5. The Labute approximate surface area is 105 Å². The van der Waals surface area contributed by atoms with Gasteiger partial charge in [0.1, 0.15) is 12.1 Å². The molecule has 0 aliphatic heterocycles. The molecule has 0 amide bonds. The molecule has 17 heavy (non-hydrogen) atoms. The van der Waals surface area contributed by atoms with Gasteiger partial charge in [0.2, 0.25) is 0 Å². The lowest BCUT2D eigenvalue weighted by Crippen LogP contribution is -2.03. The molecule has 0 aliphatic carbocycles. The third kappa shape index (κ3) is 3.23. The zero-order chi connectivity index (χ0) is 12.3. The first-order valence-corrected chi connectivity index (χ1v) is 6.50. The van der Waals surface area contributed by atoms with Crippen molar-refractivity contribution in [3.8, 4) is 0 Å². The Balaban J connectivity index is 2.01. The van der Waals surface area contributed by atoms with Crippen molar-refractivity contribution in [2.24, 2.45) is 0 Å². The molecular formula is C12H16N4S. The van der Waals surface area contributed by atoms with E-state index in [0.717, 1.165) is 22.2 Å². The predicted molar refractivity (Wildman–Crippen MR) is 70.3 cm³/mol. The zero-order valence-electron chi connectivity index (χ0n) is 10.3. The number of nitrogens with zero attached hydrogens (tertiary/aromatic N) is 3. The second-order valence-corrected chi connectivity index (χ2v) is 5.26. The molecule has 2 aromatic heterocycles. The number of nitrogens with one attached hydrogen (secondary N) is 1. The summed E-state index contributed by atoms with van der Waals surface area (Å²) in [5.74, 6) is 1.27. The van der Waals surface area contributed by atoms with Crippen LogP contribution in [-0.4, -0.2) is 15.0 Å². The standard InChI is InChI=1S/C12H16N4S/c1-8(2)11-4-12(15-7-14-11)13-5-10-6-17-9(3)16-10/h4,6-8H,5H2,1-3H3,(H,13,14,15). The normalized spacial score (nSPS) is 10.8. The summed E-state index contributed by atoms with van der Waals surface area (Å²) >= 11 is 1.66. The molecule has 0 atom stereocenters. The van der Waals surface area contributed by atoms with Crippen LogP contribution in [0.25, 0.3) is 0 Å². The van der Waals surface area contributed by atoms with Crippen molar-refractivity contribution in [1.82, 2.24) is 15.0 Å². The van der Waals surface area contributed by atoms with Gasteiger partial charge < -0.3 is 5.32 Å². The van der Waals surface area contributed by atoms with Gasteiger partial charge in [-0.2, -0.15) is 0 Å². The quantitative estimate of drug-likeness (QED) is 0.903. The van der Waals surface area contributed by atoms with Gasteiger partial charge in [-0.05, 0) is 12.8 Å². The van der Waals surface area contributed by atoms with Gasteiger partial charge in [0.05, 0.1) is 17.2 Å². The van der Waals surface area contributed by atoms with Crippen LogP contribution in [-0.2, 0) is 6.54 Å². The van der Waals surface area contributed by atoms with Gasteiger partial charge in [0.25, 0.3) is 0 Å². The maximum Gasteiger partial charge on any atom is 0.129 e. The minimum atomic E-state index is 0.417. The molecule has 0 unspecified atom stereocenters. The second-order valence-electron chi connectivity index (χ2n) is 4.19. The monoisotopic (exact) mass is 248 g/mol. The largest absolute Gasteiger partial charge is 0.364 e. The van der Waals surface area contributed by atoms with Gasteiger partial charge in [-0.25, -0.2) is 15.0 Å². The highest BCUT2D eigenvalue weighted by atomic mass is 32.1. The van der Waals surface area contributed by atoms with Crippen molar-refractivity contribution < 1.29 is 0 Å². The van der Waals surface area contributed by atoms with E-state index in [0.29, 0.717) is 12.5 Å². The average Bonchev–Trinajstić information content (AvgIpc) is 2.73. The Hall–Kier alpha value is -1.49. The number of anilines is 1. The van der Waals surface area contributed by atoms with Crippen molar-refractivity contribution in [2.45, 2.75) is 33.2 Å². The van der Waals surface area contributed by atoms with E-state index in [-0.39, 0.29) is 0 Å². The van der Waals surface area contributed by atoms with Crippen LogP contribution in [0.1, 0.15) is 36.2 Å². The highest BCUT2D eigenvalue weighted by Gasteiger charge is 2.03. The zero-order valence-corrected chi connectivity index (χ0v) is 11.1. The molecule has 2 heterocycles. The van der Waals surface area contributed by atoms with Crippen LogP contribution in [0.15, 0.2) is 17.8 Å². The van der Waals surface area contributed by atoms with Crippen LogP contribution in [0.5, 0.6) is 0 Å². The van der Waals surface area contributed by atoms with E-state index in [1.165, 1.54) is 0 Å². The maximum atomic E-state index is 4.40. The fourth-order valence-electron chi connectivity index (χ4n) is 1.46. The van der Waals surface area contributed by atoms with Crippen LogP contribution in [0.3, 0.4) is 0 Å². The van der Waals surface area contributed by atoms with Crippen molar-refractivity contribution in [2.75, 3.05) is 5.32 Å². The molecule has 5 heteroatoms. The van der Waals surface area contributed by atoms with Gasteiger partial charge >= 0.3 is 0 Å². The van der Waals surface area contributed by atoms with Gasteiger partial charge in [0, 0.05) is 17.1 Å². The molecule has 2 aromatic rings. The van der Waals surface area contributed by atoms with E-state index in [1.807, 2.05) is 13.0 Å². The Morgan fingerprint density at radius 2 is 2.18 bits per heavy atom. The molecule has 0 spiro atoms. The Morgan fingerprint density at radius 3 is 2.82 bits per heavy atom. The second kappa shape index (κ2) is 5.23. The van der Waals surface area contributed by atoms with Gasteiger partial charge in [0.15, 0.2) is 0 Å². The average molecular weight is 248 g/mol. The SMILES string of the molecule is Cc1nc(CNc2cc(C(C)C)ncn2)cs1. The number of aromatic nitrogens is 3. The summed E-state index contributed by atoms with van der Waals surface area (Å²) in [6.07, 6.45) is 1.60. The summed E-state index contributed by atoms with van der Waals surface area (Å²) in [5, 5.41) is 6.42. The molecule has 0 bridgehead atoms. The summed E-state index contributed by atoms with van der Waals surface area (Å²) in [6, 6.07) is 1.99. The fourth-order valence-corrected chi connectivity index (χ4v) is 2.07. The van der Waals surface area contributed by atoms with Crippen LogP contribution < -0.4 is 5.32 Å². The molecule has 0 fully saturated rings. The minimum absolute atomic E-state index is 0.417. The van der Waals surface area contributed by atoms with Gasteiger partial charge in [-0.3, -0.25) is 0 Å². The highest BCUT2D eigenvalue weighted by Crippen LogP contribution is 2.15.